The van der Waals surface area contributed by atoms with Crippen molar-refractivity contribution in [1.82, 2.24) is 32.2 Å². The molecule has 0 aromatic heterocycles. The van der Waals surface area contributed by atoms with Gasteiger partial charge in [-0.05, 0) is 27.7 Å². The van der Waals surface area contributed by atoms with Gasteiger partial charge < -0.3 is 9.47 Å². The maximum atomic E-state index is 11.3. The third-order valence-corrected chi connectivity index (χ3v) is 2.01. The average molecular weight is 455 g/mol. The lowest BCUT2D eigenvalue weighted by molar-refractivity contribution is -0.187. The minimum atomic E-state index is -1.55. The van der Waals surface area contributed by atoms with Gasteiger partial charge in [0.25, 0.3) is 0 Å². The van der Waals surface area contributed by atoms with Gasteiger partial charge in [-0.25, -0.2) is 81.3 Å². The van der Waals surface area contributed by atoms with Gasteiger partial charge in [0, 0.05) is 0 Å². The van der Waals surface area contributed by atoms with E-state index in [4.69, 9.17) is 5.84 Å². The Balaban J connectivity index is 4.00. The number of hydrogen-bond acceptors (Lipinski definition) is 13. The van der Waals surface area contributed by atoms with E-state index in [1.165, 1.54) is 24.7 Å². The Kier molecular flexibility index (Phi) is 11.8. The minimum Gasteiger partial charge on any atom is -0.446 e. The van der Waals surface area contributed by atoms with Gasteiger partial charge in [-0.2, -0.15) is 0 Å². The summed E-state index contributed by atoms with van der Waals surface area (Å²) in [6.07, 6.45) is -9.18. The van der Waals surface area contributed by atoms with Crippen molar-refractivity contribution in [2.24, 2.45) is 5.84 Å². The first-order valence-electron chi connectivity index (χ1n) is 8.02. The molecule has 0 aromatic carbocycles. The fraction of sp³-hybridized carbons (Fsp3) is 0.500. The largest absolute Gasteiger partial charge is 0.470 e. The highest BCUT2D eigenvalue weighted by Crippen LogP contribution is 1.92. The van der Waals surface area contributed by atoms with E-state index in [1.54, 1.807) is 30.1 Å². The molecule has 0 aromatic rings. The second-order valence-corrected chi connectivity index (χ2v) is 5.35. The second-order valence-electron chi connectivity index (χ2n) is 5.35. The van der Waals surface area contributed by atoms with Crippen molar-refractivity contribution < 1.29 is 57.8 Å². The van der Waals surface area contributed by atoms with Crippen molar-refractivity contribution in [1.29, 1.82) is 0 Å². The molecular weight excluding hydrogens is 434 g/mol. The fourth-order valence-corrected chi connectivity index (χ4v) is 1.08. The highest BCUT2D eigenvalue weighted by atomic mass is 17.2. The van der Waals surface area contributed by atoms with Gasteiger partial charge in [0.15, 0.2) is 0 Å². The van der Waals surface area contributed by atoms with Gasteiger partial charge in [-0.1, -0.05) is 0 Å². The highest BCUT2D eigenvalue weighted by Gasteiger charge is 2.18. The lowest BCUT2D eigenvalue weighted by atomic mass is 10.5. The molecule has 0 saturated carbocycles. The molecule has 19 nitrogen and oxygen atoms in total. The zero-order valence-corrected chi connectivity index (χ0v) is 16.6. The number of hydrazine groups is 4. The number of ether oxygens (including phenoxy) is 2. The van der Waals surface area contributed by atoms with Gasteiger partial charge in [0.1, 0.15) is 0 Å². The van der Waals surface area contributed by atoms with E-state index in [-0.39, 0.29) is 5.12 Å². The van der Waals surface area contributed by atoms with Crippen molar-refractivity contribution >= 4 is 36.6 Å². The number of nitrogens with one attached hydrogen (secondary N) is 5. The van der Waals surface area contributed by atoms with Gasteiger partial charge in [-0.3, -0.25) is 0 Å². The van der Waals surface area contributed by atoms with Crippen LogP contribution in [0.3, 0.4) is 0 Å². The number of nitrogens with two attached hydrogens (primary N) is 1. The zero-order chi connectivity index (χ0) is 24.0. The first kappa shape index (κ1) is 26.6. The summed E-state index contributed by atoms with van der Waals surface area (Å²) in [5, 5.41) is 0.110. The Morgan fingerprint density at radius 2 is 0.968 bits per heavy atom. The summed E-state index contributed by atoms with van der Waals surface area (Å²) in [7, 11) is 0. The quantitative estimate of drug-likeness (QED) is 0.131. The van der Waals surface area contributed by atoms with Crippen molar-refractivity contribution in [3.05, 3.63) is 0 Å². The van der Waals surface area contributed by atoms with Crippen LogP contribution < -0.4 is 33.0 Å². The maximum absolute atomic E-state index is 11.3. The van der Waals surface area contributed by atoms with E-state index in [9.17, 15) is 28.8 Å². The zero-order valence-electron chi connectivity index (χ0n) is 16.6. The molecule has 6 amide bonds. The smallest absolute Gasteiger partial charge is 0.446 e. The molecule has 0 bridgehead atoms. The van der Waals surface area contributed by atoms with Crippen LogP contribution in [0.4, 0.5) is 28.8 Å². The Morgan fingerprint density at radius 3 is 1.35 bits per heavy atom. The third-order valence-electron chi connectivity index (χ3n) is 2.01. The second kappa shape index (κ2) is 13.7. The van der Waals surface area contributed by atoms with Gasteiger partial charge in [0.05, 0.1) is 12.2 Å². The van der Waals surface area contributed by atoms with Crippen molar-refractivity contribution in [2.75, 3.05) is 0 Å². The number of rotatable bonds is 2. The number of carbonyl (C=O) groups is 6. The fourth-order valence-electron chi connectivity index (χ4n) is 1.08. The molecule has 0 heterocycles. The van der Waals surface area contributed by atoms with Crippen molar-refractivity contribution in [3.63, 3.8) is 0 Å². The van der Waals surface area contributed by atoms with Crippen LogP contribution in [0.25, 0.3) is 0 Å². The predicted molar refractivity (Wildman–Crippen MR) is 90.9 cm³/mol. The highest BCUT2D eigenvalue weighted by molar-refractivity contribution is 5.76. The van der Waals surface area contributed by atoms with E-state index in [1.807, 2.05) is 0 Å². The molecular formula is C12H21N7O12. The van der Waals surface area contributed by atoms with Crippen LogP contribution >= 0.6 is 0 Å². The van der Waals surface area contributed by atoms with Crippen molar-refractivity contribution in [2.45, 2.75) is 39.9 Å². The Labute approximate surface area is 173 Å². The Bertz CT molecular complexity index is 670. The minimum absolute atomic E-state index is 0.110. The summed E-state index contributed by atoms with van der Waals surface area (Å²) in [5.74, 6) is 5.13. The molecule has 0 fully saturated rings. The first-order valence-corrected chi connectivity index (χ1v) is 8.02. The number of amides is 6. The predicted octanol–water partition coefficient (Wildman–Crippen LogP) is -0.678. The van der Waals surface area contributed by atoms with E-state index < -0.39 is 48.8 Å². The third kappa shape index (κ3) is 14.3. The molecule has 0 aliphatic rings. The summed E-state index contributed by atoms with van der Waals surface area (Å²) < 4.78 is 9.23. The van der Waals surface area contributed by atoms with E-state index in [2.05, 4.69) is 29.0 Å². The summed E-state index contributed by atoms with van der Waals surface area (Å²) in [6.45, 7) is 6.15. The van der Waals surface area contributed by atoms with Crippen LogP contribution in [0.5, 0.6) is 0 Å². The summed E-state index contributed by atoms with van der Waals surface area (Å²) >= 11 is 0. The van der Waals surface area contributed by atoms with Gasteiger partial charge in [-0.15, -0.1) is 5.12 Å². The molecule has 0 unspecified atom stereocenters. The summed E-state index contributed by atoms with van der Waals surface area (Å²) in [4.78, 5) is 82.7. The summed E-state index contributed by atoms with van der Waals surface area (Å²) in [6, 6.07) is 0. The van der Waals surface area contributed by atoms with Crippen LogP contribution in [0.15, 0.2) is 0 Å². The lowest BCUT2D eigenvalue weighted by Gasteiger charge is -2.17. The molecule has 0 aliphatic heterocycles. The van der Waals surface area contributed by atoms with Crippen LogP contribution in [0, 0.1) is 0 Å². The standard InChI is InChI=1S/C12H21N7O12/c1-5(2)26-7(20)14-15-8(21)28-29-9(22)16-17-10(23)30-31-11(24)18-19(13)12(25)27-6(3)4/h5-6H,13H2,1-4H3,(H,14,20)(H,15,21)(H,16,22)(H,17,23)(H,18,24). The molecule has 19 heteroatoms. The number of nitrogens with zero attached hydrogens (tertiary/aromatic N) is 1. The molecule has 7 N–H and O–H groups in total. The molecule has 0 aliphatic carbocycles. The summed E-state index contributed by atoms with van der Waals surface area (Å²) in [5.41, 5.74) is 8.06. The average Bonchev–Trinajstić information content (AvgIpc) is 2.66. The van der Waals surface area contributed by atoms with E-state index >= 15 is 0 Å². The topological polar surface area (TPSA) is 247 Å². The SMILES string of the molecule is CC(C)OC(=O)NNC(=O)OOC(=O)NNC(=O)OOC(=O)NN(N)C(=O)OC(C)C. The van der Waals surface area contributed by atoms with Gasteiger partial charge >= 0.3 is 36.6 Å². The first-order chi connectivity index (χ1) is 14.4. The normalized spacial score (nSPS) is 9.52. The molecule has 31 heavy (non-hydrogen) atoms. The monoisotopic (exact) mass is 455 g/mol. The van der Waals surface area contributed by atoms with Crippen molar-refractivity contribution in [3.8, 4) is 0 Å². The van der Waals surface area contributed by atoms with E-state index in [0.717, 1.165) is 0 Å². The van der Waals surface area contributed by atoms with Crippen LogP contribution in [0.2, 0.25) is 0 Å². The Hall–Kier alpha value is -4.42. The molecule has 0 saturated heterocycles. The molecule has 176 valence electrons. The molecule has 0 radical (unpaired) electrons. The maximum Gasteiger partial charge on any atom is 0.470 e. The number of hydrogen-bond donors (Lipinski definition) is 6. The van der Waals surface area contributed by atoms with Gasteiger partial charge in [0.2, 0.25) is 0 Å². The van der Waals surface area contributed by atoms with Crippen LogP contribution in [-0.2, 0) is 29.0 Å². The molecule has 0 atom stereocenters. The number of carbonyl (C=O) groups excluding carboxylic acids is 6. The van der Waals surface area contributed by atoms with E-state index in [0.29, 0.717) is 0 Å². The van der Waals surface area contributed by atoms with Crippen LogP contribution in [-0.4, -0.2) is 53.9 Å². The Morgan fingerprint density at radius 1 is 0.613 bits per heavy atom. The molecule has 0 spiro atoms. The lowest BCUT2D eigenvalue weighted by Crippen LogP contribution is -2.52. The molecule has 0 rings (SSSR count). The van der Waals surface area contributed by atoms with Crippen LogP contribution in [0.1, 0.15) is 27.7 Å².